The lowest BCUT2D eigenvalue weighted by Crippen LogP contribution is -2.41. The molecule has 0 radical (unpaired) electrons. The SMILES string of the molecule is CCC(C)C[Si](C)(C1CCCC1)C1CCCC1. The van der Waals surface area contributed by atoms with Crippen molar-refractivity contribution < 1.29 is 0 Å². The summed E-state index contributed by atoms with van der Waals surface area (Å²) in [5.74, 6) is 0.993. The molecular formula is C16H32Si. The van der Waals surface area contributed by atoms with Gasteiger partial charge in [-0.25, -0.2) is 0 Å². The molecule has 0 nitrogen and oxygen atoms in total. The first-order chi connectivity index (χ1) is 8.16. The van der Waals surface area contributed by atoms with Gasteiger partial charge < -0.3 is 0 Å². The maximum Gasteiger partial charge on any atom is 0.0569 e. The Kier molecular flexibility index (Phi) is 4.74. The zero-order chi connectivity index (χ0) is 12.3. The molecule has 2 aliphatic rings. The van der Waals surface area contributed by atoms with Crippen LogP contribution in [0.5, 0.6) is 0 Å². The first kappa shape index (κ1) is 13.6. The molecule has 0 aromatic heterocycles. The summed E-state index contributed by atoms with van der Waals surface area (Å²) < 4.78 is 0. The van der Waals surface area contributed by atoms with E-state index in [1.54, 1.807) is 57.4 Å². The summed E-state index contributed by atoms with van der Waals surface area (Å²) in [6.07, 6.45) is 13.9. The van der Waals surface area contributed by atoms with Crippen molar-refractivity contribution in [2.75, 3.05) is 0 Å². The van der Waals surface area contributed by atoms with Crippen LogP contribution in [0.15, 0.2) is 0 Å². The topological polar surface area (TPSA) is 0 Å². The second-order valence-corrected chi connectivity index (χ2v) is 12.2. The van der Waals surface area contributed by atoms with Crippen LogP contribution in [0, 0.1) is 5.92 Å². The highest BCUT2D eigenvalue weighted by atomic mass is 28.3. The van der Waals surface area contributed by atoms with Gasteiger partial charge in [-0.2, -0.15) is 0 Å². The molecule has 2 saturated carbocycles. The first-order valence-electron chi connectivity index (χ1n) is 8.16. The average Bonchev–Trinajstić information content (AvgIpc) is 3.01. The Balaban J connectivity index is 2.08. The molecule has 0 N–H and O–H groups in total. The minimum atomic E-state index is -0.967. The molecule has 17 heavy (non-hydrogen) atoms. The fraction of sp³-hybridized carbons (Fsp3) is 1.00. The van der Waals surface area contributed by atoms with E-state index in [1.165, 1.54) is 17.5 Å². The number of hydrogen-bond donors (Lipinski definition) is 0. The minimum absolute atomic E-state index is 0.967. The second-order valence-electron chi connectivity index (χ2n) is 7.19. The van der Waals surface area contributed by atoms with E-state index in [9.17, 15) is 0 Å². The molecule has 0 aliphatic heterocycles. The fourth-order valence-corrected chi connectivity index (χ4v) is 11.3. The largest absolute Gasteiger partial charge is 0.0687 e. The Bertz CT molecular complexity index is 208. The lowest BCUT2D eigenvalue weighted by atomic mass is 10.2. The van der Waals surface area contributed by atoms with Gasteiger partial charge in [0.25, 0.3) is 0 Å². The summed E-state index contributed by atoms with van der Waals surface area (Å²) in [6, 6.07) is 1.64. The van der Waals surface area contributed by atoms with Gasteiger partial charge in [-0.1, -0.05) is 84.2 Å². The highest BCUT2D eigenvalue weighted by molar-refractivity contribution is 6.81. The summed E-state index contributed by atoms with van der Waals surface area (Å²) in [7, 11) is -0.967. The summed E-state index contributed by atoms with van der Waals surface area (Å²) in [5, 5.41) is 0. The van der Waals surface area contributed by atoms with Crippen LogP contribution in [0.2, 0.25) is 23.7 Å². The van der Waals surface area contributed by atoms with Crippen LogP contribution >= 0.6 is 0 Å². The zero-order valence-electron chi connectivity index (χ0n) is 12.3. The molecule has 2 rings (SSSR count). The van der Waals surface area contributed by atoms with Crippen molar-refractivity contribution in [2.24, 2.45) is 5.92 Å². The summed E-state index contributed by atoms with van der Waals surface area (Å²) in [6.45, 7) is 7.70. The molecule has 1 atom stereocenters. The third-order valence-electron chi connectivity index (χ3n) is 6.06. The maximum absolute atomic E-state index is 2.80. The van der Waals surface area contributed by atoms with Gasteiger partial charge in [-0.15, -0.1) is 0 Å². The van der Waals surface area contributed by atoms with Crippen LogP contribution in [0.3, 0.4) is 0 Å². The van der Waals surface area contributed by atoms with Crippen molar-refractivity contribution in [2.45, 2.75) is 95.3 Å². The van der Waals surface area contributed by atoms with Crippen molar-refractivity contribution in [3.05, 3.63) is 0 Å². The lowest BCUT2D eigenvalue weighted by Gasteiger charge is -2.41. The molecule has 0 heterocycles. The molecule has 2 aliphatic carbocycles. The van der Waals surface area contributed by atoms with Gasteiger partial charge in [-0.05, 0) is 17.0 Å². The smallest absolute Gasteiger partial charge is 0.0569 e. The zero-order valence-corrected chi connectivity index (χ0v) is 13.3. The fourth-order valence-electron chi connectivity index (χ4n) is 4.73. The second kappa shape index (κ2) is 5.91. The van der Waals surface area contributed by atoms with Gasteiger partial charge in [0.2, 0.25) is 0 Å². The first-order valence-corrected chi connectivity index (χ1v) is 11.0. The predicted molar refractivity (Wildman–Crippen MR) is 80.3 cm³/mol. The van der Waals surface area contributed by atoms with Crippen LogP contribution in [0.1, 0.15) is 71.6 Å². The van der Waals surface area contributed by atoms with E-state index in [2.05, 4.69) is 20.4 Å². The van der Waals surface area contributed by atoms with Gasteiger partial charge in [0.05, 0.1) is 8.07 Å². The molecule has 100 valence electrons. The van der Waals surface area contributed by atoms with E-state index in [0.29, 0.717) is 0 Å². The third kappa shape index (κ3) is 2.97. The van der Waals surface area contributed by atoms with Crippen LogP contribution in [-0.4, -0.2) is 8.07 Å². The summed E-state index contributed by atoms with van der Waals surface area (Å²) >= 11 is 0. The van der Waals surface area contributed by atoms with Crippen LogP contribution in [0.25, 0.3) is 0 Å². The van der Waals surface area contributed by atoms with Crippen molar-refractivity contribution in [1.29, 1.82) is 0 Å². The van der Waals surface area contributed by atoms with Gasteiger partial charge in [0.15, 0.2) is 0 Å². The maximum atomic E-state index is 2.80. The van der Waals surface area contributed by atoms with E-state index < -0.39 is 8.07 Å². The van der Waals surface area contributed by atoms with E-state index >= 15 is 0 Å². The Labute approximate surface area is 110 Å². The summed E-state index contributed by atoms with van der Waals surface area (Å²) in [4.78, 5) is 0. The third-order valence-corrected chi connectivity index (χ3v) is 12.5. The molecule has 0 amide bonds. The average molecular weight is 253 g/mol. The van der Waals surface area contributed by atoms with Crippen LogP contribution in [0.4, 0.5) is 0 Å². The molecular weight excluding hydrogens is 220 g/mol. The highest BCUT2D eigenvalue weighted by Crippen LogP contribution is 2.52. The van der Waals surface area contributed by atoms with E-state index in [-0.39, 0.29) is 0 Å². The Hall–Kier alpha value is 0.217. The highest BCUT2D eigenvalue weighted by Gasteiger charge is 2.45. The molecule has 1 unspecified atom stereocenters. The minimum Gasteiger partial charge on any atom is -0.0687 e. The van der Waals surface area contributed by atoms with Crippen molar-refractivity contribution in [3.63, 3.8) is 0 Å². The molecule has 2 fully saturated rings. The van der Waals surface area contributed by atoms with Crippen LogP contribution in [-0.2, 0) is 0 Å². The number of rotatable bonds is 5. The van der Waals surface area contributed by atoms with Gasteiger partial charge in [0.1, 0.15) is 0 Å². The number of hydrogen-bond acceptors (Lipinski definition) is 0. The molecule has 1 heteroatoms. The molecule has 0 aromatic rings. The van der Waals surface area contributed by atoms with Gasteiger partial charge in [-0.3, -0.25) is 0 Å². The lowest BCUT2D eigenvalue weighted by molar-refractivity contribution is 0.591. The summed E-state index contributed by atoms with van der Waals surface area (Å²) in [5.41, 5.74) is 2.39. The molecule has 0 saturated heterocycles. The monoisotopic (exact) mass is 252 g/mol. The van der Waals surface area contributed by atoms with Gasteiger partial charge in [0, 0.05) is 0 Å². The standard InChI is InChI=1S/C16H32Si/c1-4-14(2)13-17(3,15-9-5-6-10-15)16-11-7-8-12-16/h14-16H,4-13H2,1-3H3. The van der Waals surface area contributed by atoms with Crippen molar-refractivity contribution in [3.8, 4) is 0 Å². The Morgan fingerprint density at radius 3 is 1.71 bits per heavy atom. The van der Waals surface area contributed by atoms with E-state index in [0.717, 1.165) is 5.92 Å². The quantitative estimate of drug-likeness (QED) is 0.526. The Morgan fingerprint density at radius 1 is 0.941 bits per heavy atom. The van der Waals surface area contributed by atoms with E-state index in [1.807, 2.05) is 0 Å². The van der Waals surface area contributed by atoms with Crippen molar-refractivity contribution in [1.82, 2.24) is 0 Å². The molecule has 0 spiro atoms. The van der Waals surface area contributed by atoms with Gasteiger partial charge >= 0.3 is 0 Å². The molecule has 0 bridgehead atoms. The molecule has 0 aromatic carbocycles. The normalized spacial score (nSPS) is 25.6. The van der Waals surface area contributed by atoms with Crippen LogP contribution < -0.4 is 0 Å². The van der Waals surface area contributed by atoms with E-state index in [4.69, 9.17) is 0 Å². The van der Waals surface area contributed by atoms with Crippen molar-refractivity contribution >= 4 is 8.07 Å². The predicted octanol–water partition coefficient (Wildman–Crippen LogP) is 6.00. The Morgan fingerprint density at radius 2 is 1.35 bits per heavy atom.